The molecule has 2 amide bonds. The second-order valence-corrected chi connectivity index (χ2v) is 4.73. The van der Waals surface area contributed by atoms with E-state index in [1.54, 1.807) is 0 Å². The van der Waals surface area contributed by atoms with E-state index in [1.165, 1.54) is 0 Å². The molecule has 126 valence electrons. The summed E-state index contributed by atoms with van der Waals surface area (Å²) in [6.07, 6.45) is -0.746. The molecule has 0 unspecified atom stereocenters. The molecular formula is C11H19N3O7S. The van der Waals surface area contributed by atoms with Crippen molar-refractivity contribution in [3.63, 3.8) is 0 Å². The normalized spacial score (nSPS) is 14.5. The highest BCUT2D eigenvalue weighted by Crippen LogP contribution is 2.00. The van der Waals surface area contributed by atoms with E-state index < -0.39 is 54.9 Å². The van der Waals surface area contributed by atoms with Crippen LogP contribution in [0.4, 0.5) is 0 Å². The number of carboxylic acids is 2. The molecule has 0 saturated heterocycles. The second kappa shape index (κ2) is 9.97. The van der Waals surface area contributed by atoms with Gasteiger partial charge >= 0.3 is 11.9 Å². The van der Waals surface area contributed by atoms with E-state index in [-0.39, 0.29) is 12.2 Å². The third kappa shape index (κ3) is 7.24. The Bertz CT molecular complexity index is 432. The van der Waals surface area contributed by atoms with Crippen molar-refractivity contribution in [2.24, 2.45) is 5.73 Å². The second-order valence-electron chi connectivity index (χ2n) is 4.36. The van der Waals surface area contributed by atoms with Gasteiger partial charge in [0.15, 0.2) is 0 Å². The van der Waals surface area contributed by atoms with Crippen LogP contribution in [0, 0.1) is 0 Å². The number of hydrogen-bond donors (Lipinski definition) is 7. The standard InChI is InChI=1S/C11H19N3O7S/c12-5(3-15)9(18)14-7(4-22)10(19)13-6(11(20)21)1-2-8(16)17/h5-7,15,22H,1-4,12H2,(H,13,19)(H,14,18)(H,16,17)(H,20,21)/t5-,6-,7-/m0/s1. The number of aliphatic carboxylic acids is 2. The van der Waals surface area contributed by atoms with Gasteiger partial charge in [-0.3, -0.25) is 14.4 Å². The van der Waals surface area contributed by atoms with Crippen LogP contribution in [0.1, 0.15) is 12.8 Å². The third-order valence-electron chi connectivity index (χ3n) is 2.61. The Kier molecular flexibility index (Phi) is 9.13. The molecule has 11 heteroatoms. The Labute approximate surface area is 131 Å². The number of carbonyl (C=O) groups is 4. The molecule has 0 bridgehead atoms. The zero-order chi connectivity index (χ0) is 17.3. The SMILES string of the molecule is N[C@@H](CO)C(=O)N[C@@H](CS)C(=O)N[C@@H](CCC(=O)O)C(=O)O. The van der Waals surface area contributed by atoms with E-state index >= 15 is 0 Å². The summed E-state index contributed by atoms with van der Waals surface area (Å²) < 4.78 is 0. The van der Waals surface area contributed by atoms with Crippen molar-refractivity contribution in [2.45, 2.75) is 31.0 Å². The zero-order valence-corrected chi connectivity index (χ0v) is 12.5. The first-order valence-corrected chi connectivity index (χ1v) is 6.88. The Morgan fingerprint density at radius 1 is 1.05 bits per heavy atom. The molecule has 0 spiro atoms. The largest absolute Gasteiger partial charge is 0.481 e. The average molecular weight is 337 g/mol. The molecule has 0 fully saturated rings. The first-order chi connectivity index (χ1) is 10.2. The van der Waals surface area contributed by atoms with Crippen LogP contribution in [0.5, 0.6) is 0 Å². The molecular weight excluding hydrogens is 318 g/mol. The van der Waals surface area contributed by atoms with Gasteiger partial charge in [0.1, 0.15) is 18.1 Å². The molecule has 0 aliphatic carbocycles. The van der Waals surface area contributed by atoms with Crippen molar-refractivity contribution in [1.29, 1.82) is 0 Å². The van der Waals surface area contributed by atoms with Crippen molar-refractivity contribution >= 4 is 36.4 Å². The van der Waals surface area contributed by atoms with E-state index in [0.29, 0.717) is 0 Å². The van der Waals surface area contributed by atoms with Gasteiger partial charge in [0, 0.05) is 12.2 Å². The van der Waals surface area contributed by atoms with E-state index in [9.17, 15) is 19.2 Å². The van der Waals surface area contributed by atoms with Gasteiger partial charge in [-0.25, -0.2) is 4.79 Å². The predicted molar refractivity (Wildman–Crippen MR) is 77.3 cm³/mol. The molecule has 7 N–H and O–H groups in total. The van der Waals surface area contributed by atoms with Crippen LogP contribution >= 0.6 is 12.6 Å². The maximum Gasteiger partial charge on any atom is 0.326 e. The van der Waals surface area contributed by atoms with Gasteiger partial charge in [0.25, 0.3) is 0 Å². The van der Waals surface area contributed by atoms with Gasteiger partial charge in [-0.1, -0.05) is 0 Å². The summed E-state index contributed by atoms with van der Waals surface area (Å²) in [6, 6.07) is -3.80. The minimum Gasteiger partial charge on any atom is -0.481 e. The highest BCUT2D eigenvalue weighted by Gasteiger charge is 2.27. The fourth-order valence-electron chi connectivity index (χ4n) is 1.35. The lowest BCUT2D eigenvalue weighted by Crippen LogP contribution is -2.55. The predicted octanol–water partition coefficient (Wildman–Crippen LogP) is -2.85. The van der Waals surface area contributed by atoms with Crippen LogP contribution in [0.15, 0.2) is 0 Å². The lowest BCUT2D eigenvalue weighted by molar-refractivity contribution is -0.143. The van der Waals surface area contributed by atoms with Crippen molar-refractivity contribution in [3.05, 3.63) is 0 Å². The highest BCUT2D eigenvalue weighted by atomic mass is 32.1. The molecule has 0 aliphatic heterocycles. The molecule has 10 nitrogen and oxygen atoms in total. The van der Waals surface area contributed by atoms with Crippen molar-refractivity contribution in [1.82, 2.24) is 10.6 Å². The Morgan fingerprint density at radius 3 is 2.00 bits per heavy atom. The van der Waals surface area contributed by atoms with Crippen molar-refractivity contribution < 1.29 is 34.5 Å². The van der Waals surface area contributed by atoms with E-state index in [1.807, 2.05) is 0 Å². The van der Waals surface area contributed by atoms with Gasteiger partial charge in [0.05, 0.1) is 6.61 Å². The molecule has 0 heterocycles. The number of carbonyl (C=O) groups excluding carboxylic acids is 2. The van der Waals surface area contributed by atoms with E-state index in [2.05, 4.69) is 23.3 Å². The number of aliphatic hydroxyl groups is 1. The number of nitrogens with two attached hydrogens (primary N) is 1. The molecule has 0 radical (unpaired) electrons. The van der Waals surface area contributed by atoms with Crippen molar-refractivity contribution in [3.8, 4) is 0 Å². The molecule has 0 aromatic rings. The highest BCUT2D eigenvalue weighted by molar-refractivity contribution is 7.80. The summed E-state index contributed by atoms with van der Waals surface area (Å²) in [7, 11) is 0. The Morgan fingerprint density at radius 2 is 1.59 bits per heavy atom. The Balaban J connectivity index is 4.70. The van der Waals surface area contributed by atoms with Crippen LogP contribution in [-0.4, -0.2) is 69.6 Å². The number of carboxylic acid groups (broad SMARTS) is 2. The summed E-state index contributed by atoms with van der Waals surface area (Å²) >= 11 is 3.87. The van der Waals surface area contributed by atoms with Gasteiger partial charge in [-0.15, -0.1) is 0 Å². The number of amides is 2. The number of thiol groups is 1. The quantitative estimate of drug-likeness (QED) is 0.208. The lowest BCUT2D eigenvalue weighted by Gasteiger charge is -2.21. The summed E-state index contributed by atoms with van der Waals surface area (Å²) in [5.74, 6) is -4.37. The molecule has 0 saturated carbocycles. The first-order valence-electron chi connectivity index (χ1n) is 6.25. The van der Waals surface area contributed by atoms with Crippen LogP contribution in [-0.2, 0) is 19.2 Å². The molecule has 0 aromatic carbocycles. The van der Waals surface area contributed by atoms with Crippen LogP contribution in [0.3, 0.4) is 0 Å². The molecule has 22 heavy (non-hydrogen) atoms. The molecule has 0 rings (SSSR count). The summed E-state index contributed by atoms with van der Waals surface area (Å²) in [5, 5.41) is 30.5. The monoisotopic (exact) mass is 337 g/mol. The average Bonchev–Trinajstić information content (AvgIpc) is 2.46. The number of rotatable bonds is 10. The topological polar surface area (TPSA) is 179 Å². The van der Waals surface area contributed by atoms with E-state index in [4.69, 9.17) is 21.1 Å². The van der Waals surface area contributed by atoms with Gasteiger partial charge < -0.3 is 31.7 Å². The first kappa shape index (κ1) is 20.1. The fraction of sp³-hybridized carbons (Fsp3) is 0.636. The summed E-state index contributed by atoms with van der Waals surface area (Å²) in [4.78, 5) is 44.8. The third-order valence-corrected chi connectivity index (χ3v) is 2.98. The number of hydrogen-bond acceptors (Lipinski definition) is 7. The lowest BCUT2D eigenvalue weighted by atomic mass is 10.1. The van der Waals surface area contributed by atoms with Gasteiger partial charge in [0.2, 0.25) is 11.8 Å². The van der Waals surface area contributed by atoms with Gasteiger partial charge in [-0.2, -0.15) is 12.6 Å². The molecule has 0 aliphatic rings. The smallest absolute Gasteiger partial charge is 0.326 e. The zero-order valence-electron chi connectivity index (χ0n) is 11.6. The number of nitrogens with one attached hydrogen (secondary N) is 2. The Hall–Kier alpha value is -1.85. The minimum absolute atomic E-state index is 0.138. The van der Waals surface area contributed by atoms with Crippen LogP contribution in [0.2, 0.25) is 0 Å². The van der Waals surface area contributed by atoms with Crippen molar-refractivity contribution in [2.75, 3.05) is 12.4 Å². The van der Waals surface area contributed by atoms with Gasteiger partial charge in [-0.05, 0) is 6.42 Å². The van der Waals surface area contributed by atoms with Crippen LogP contribution in [0.25, 0.3) is 0 Å². The number of aliphatic hydroxyl groups excluding tert-OH is 1. The molecule has 0 aromatic heterocycles. The summed E-state index contributed by atoms with van der Waals surface area (Å²) in [6.45, 7) is -0.622. The van der Waals surface area contributed by atoms with Crippen LogP contribution < -0.4 is 16.4 Å². The maximum absolute atomic E-state index is 11.9. The fourth-order valence-corrected chi connectivity index (χ4v) is 1.61. The molecule has 3 atom stereocenters. The minimum atomic E-state index is -1.41. The van der Waals surface area contributed by atoms with E-state index in [0.717, 1.165) is 0 Å². The summed E-state index contributed by atoms with van der Waals surface area (Å²) in [5.41, 5.74) is 5.27. The maximum atomic E-state index is 11.9.